The summed E-state index contributed by atoms with van der Waals surface area (Å²) < 4.78 is 47.3. The number of furan rings is 2. The van der Waals surface area contributed by atoms with E-state index in [2.05, 4.69) is 41.0 Å². The first-order chi connectivity index (χ1) is 14.2. The molecule has 0 N–H and O–H groups in total. The Hall–Kier alpha value is -2.59. The Morgan fingerprint density at radius 1 is 0.767 bits per heavy atom. The van der Waals surface area contributed by atoms with Gasteiger partial charge in [0.1, 0.15) is 25.6 Å². The lowest BCUT2D eigenvalue weighted by molar-refractivity contribution is -2.00. The van der Waals surface area contributed by atoms with Gasteiger partial charge >= 0.3 is 0 Å². The SMILES string of the molecule is C[N+](C)=C1C=CC(=C2C=C(c3ccco3)SC(c3ccco3)=C2)C=C1.[O-][Cl+3]([O-])([O-])[O-]. The molecule has 0 spiro atoms. The Balaban J connectivity index is 0.000000461. The van der Waals surface area contributed by atoms with Gasteiger partial charge in [-0.1, -0.05) is 11.8 Å². The number of hydrogen-bond acceptors (Lipinski definition) is 7. The van der Waals surface area contributed by atoms with Crippen molar-refractivity contribution in [1.82, 2.24) is 0 Å². The molecule has 0 atom stereocenters. The molecular weight excluding hydrogens is 430 g/mol. The molecule has 156 valence electrons. The minimum atomic E-state index is -4.94. The van der Waals surface area contributed by atoms with Gasteiger partial charge in [-0.3, -0.25) is 0 Å². The molecule has 0 amide bonds. The molecule has 0 bridgehead atoms. The van der Waals surface area contributed by atoms with Crippen molar-refractivity contribution >= 4 is 27.3 Å². The van der Waals surface area contributed by atoms with Gasteiger partial charge in [-0.15, -0.1) is 10.2 Å². The van der Waals surface area contributed by atoms with Crippen LogP contribution in [0.15, 0.2) is 93.2 Å². The summed E-state index contributed by atoms with van der Waals surface area (Å²) in [5.74, 6) is 1.73. The fraction of sp³-hybridized carbons (Fsp3) is 0.0952. The van der Waals surface area contributed by atoms with E-state index in [1.54, 1.807) is 24.3 Å². The Labute approximate surface area is 179 Å². The summed E-state index contributed by atoms with van der Waals surface area (Å²) in [6.07, 6.45) is 16.3. The molecule has 9 heteroatoms. The lowest BCUT2D eigenvalue weighted by Gasteiger charge is -2.17. The van der Waals surface area contributed by atoms with Crippen molar-refractivity contribution in [2.24, 2.45) is 0 Å². The summed E-state index contributed by atoms with van der Waals surface area (Å²) in [6, 6.07) is 7.79. The van der Waals surface area contributed by atoms with Crippen LogP contribution < -0.4 is 18.6 Å². The molecule has 2 aliphatic rings. The average molecular weight is 448 g/mol. The Morgan fingerprint density at radius 2 is 1.23 bits per heavy atom. The molecule has 0 fully saturated rings. The maximum Gasteiger partial charge on any atom is 0.199 e. The minimum absolute atomic E-state index is 0.865. The smallest absolute Gasteiger partial charge is 0.199 e. The molecule has 0 saturated heterocycles. The second-order valence-corrected chi connectivity index (χ2v) is 8.19. The Bertz CT molecular complexity index is 987. The van der Waals surface area contributed by atoms with E-state index in [9.17, 15) is 0 Å². The van der Waals surface area contributed by atoms with Crippen molar-refractivity contribution in [2.45, 2.75) is 0 Å². The van der Waals surface area contributed by atoms with Gasteiger partial charge in [0.25, 0.3) is 0 Å². The predicted molar refractivity (Wildman–Crippen MR) is 103 cm³/mol. The lowest BCUT2D eigenvalue weighted by Crippen LogP contribution is -2.68. The van der Waals surface area contributed by atoms with E-state index in [-0.39, 0.29) is 0 Å². The number of halogens is 1. The normalized spacial score (nSPS) is 16.1. The summed E-state index contributed by atoms with van der Waals surface area (Å²) in [6.45, 7) is 0. The summed E-state index contributed by atoms with van der Waals surface area (Å²) in [7, 11) is -0.855. The number of rotatable bonds is 2. The third kappa shape index (κ3) is 6.20. The van der Waals surface area contributed by atoms with Crippen LogP contribution >= 0.6 is 11.8 Å². The second kappa shape index (κ2) is 9.48. The van der Waals surface area contributed by atoms with Gasteiger partial charge in [-0.25, -0.2) is 23.2 Å². The van der Waals surface area contributed by atoms with Crippen LogP contribution in [0.4, 0.5) is 0 Å². The van der Waals surface area contributed by atoms with Crippen LogP contribution in [0.25, 0.3) is 9.81 Å². The highest BCUT2D eigenvalue weighted by molar-refractivity contribution is 8.16. The largest absolute Gasteiger partial charge is 0.464 e. The van der Waals surface area contributed by atoms with Crippen LogP contribution in [0.2, 0.25) is 0 Å². The third-order valence-corrected chi connectivity index (χ3v) is 5.12. The van der Waals surface area contributed by atoms with Gasteiger partial charge in [0.05, 0.1) is 22.3 Å². The van der Waals surface area contributed by atoms with Crippen molar-refractivity contribution in [3.05, 3.63) is 95.9 Å². The molecule has 3 heterocycles. The fourth-order valence-electron chi connectivity index (χ4n) is 2.70. The molecule has 4 rings (SSSR count). The molecule has 0 saturated carbocycles. The maximum absolute atomic E-state index is 8.49. The topological polar surface area (TPSA) is 122 Å². The third-order valence-electron chi connectivity index (χ3n) is 4.04. The highest BCUT2D eigenvalue weighted by Gasteiger charge is 2.19. The number of nitrogens with zero attached hydrogens (tertiary/aromatic N) is 1. The molecule has 1 aliphatic carbocycles. The van der Waals surface area contributed by atoms with Crippen molar-refractivity contribution in [3.63, 3.8) is 0 Å². The zero-order valence-electron chi connectivity index (χ0n) is 16.1. The number of allylic oxidation sites excluding steroid dienone is 8. The minimum Gasteiger partial charge on any atom is -0.464 e. The van der Waals surface area contributed by atoms with E-state index in [0.29, 0.717) is 0 Å². The molecule has 0 radical (unpaired) electrons. The number of hydrogen-bond donors (Lipinski definition) is 0. The zero-order chi connectivity index (χ0) is 21.7. The molecule has 2 aromatic heterocycles. The summed E-state index contributed by atoms with van der Waals surface area (Å²) >= 11 is 1.66. The van der Waals surface area contributed by atoms with Crippen LogP contribution in [0.1, 0.15) is 11.5 Å². The zero-order valence-corrected chi connectivity index (χ0v) is 17.7. The molecule has 0 aromatic carbocycles. The van der Waals surface area contributed by atoms with Crippen LogP contribution in [-0.2, 0) is 0 Å². The monoisotopic (exact) mass is 447 g/mol. The molecule has 1 aliphatic heterocycles. The van der Waals surface area contributed by atoms with Crippen LogP contribution in [0.5, 0.6) is 0 Å². The van der Waals surface area contributed by atoms with Crippen molar-refractivity contribution in [1.29, 1.82) is 0 Å². The molecule has 2 aromatic rings. The van der Waals surface area contributed by atoms with Gasteiger partial charge in [0.2, 0.25) is 0 Å². The fourth-order valence-corrected chi connectivity index (χ4v) is 3.74. The quantitative estimate of drug-likeness (QED) is 0.610. The maximum atomic E-state index is 8.49. The van der Waals surface area contributed by atoms with Crippen molar-refractivity contribution in [3.8, 4) is 0 Å². The standard InChI is InChI=1S/C21H18NO2S.ClHO4/c1-22(2)17-9-7-15(8-10-17)16-13-20(18-5-3-11-23-18)25-21(14-16)19-6-4-12-24-19;2-1(3,4)5/h3-14H,1-2H3;(H,2,3,4,5)/q+1;/p-1. The highest BCUT2D eigenvalue weighted by Crippen LogP contribution is 2.45. The first kappa shape index (κ1) is 22.1. The predicted octanol–water partition coefficient (Wildman–Crippen LogP) is 0.381. The van der Waals surface area contributed by atoms with E-state index in [0.717, 1.165) is 26.9 Å². The molecule has 30 heavy (non-hydrogen) atoms. The summed E-state index contributed by atoms with van der Waals surface area (Å²) in [5.41, 5.74) is 3.49. The van der Waals surface area contributed by atoms with Crippen molar-refractivity contribution in [2.75, 3.05) is 14.1 Å². The van der Waals surface area contributed by atoms with Crippen LogP contribution in [0, 0.1) is 10.2 Å². The lowest BCUT2D eigenvalue weighted by atomic mass is 10.0. The van der Waals surface area contributed by atoms with Crippen LogP contribution in [-0.4, -0.2) is 24.4 Å². The van der Waals surface area contributed by atoms with E-state index in [1.807, 2.05) is 38.4 Å². The molecule has 0 unspecified atom stereocenters. The van der Waals surface area contributed by atoms with E-state index >= 15 is 0 Å². The van der Waals surface area contributed by atoms with Gasteiger partial charge < -0.3 is 8.83 Å². The second-order valence-electron chi connectivity index (χ2n) is 6.35. The highest BCUT2D eigenvalue weighted by atomic mass is 35.7. The van der Waals surface area contributed by atoms with Gasteiger partial charge in [0.15, 0.2) is 5.71 Å². The molecule has 7 nitrogen and oxygen atoms in total. The average Bonchev–Trinajstić information content (AvgIpc) is 3.40. The van der Waals surface area contributed by atoms with Crippen molar-refractivity contribution < 1.29 is 42.3 Å². The van der Waals surface area contributed by atoms with E-state index < -0.39 is 10.2 Å². The first-order valence-electron chi connectivity index (χ1n) is 8.66. The van der Waals surface area contributed by atoms with Crippen LogP contribution in [0.3, 0.4) is 0 Å². The summed E-state index contributed by atoms with van der Waals surface area (Å²) in [5, 5.41) is 0. The van der Waals surface area contributed by atoms with Gasteiger partial charge in [-0.2, -0.15) is 0 Å². The van der Waals surface area contributed by atoms with Gasteiger partial charge in [-0.05, 0) is 59.7 Å². The number of thioether (sulfide) groups is 1. The molecular formula is C21H18ClNO6S. The Morgan fingerprint density at radius 3 is 1.60 bits per heavy atom. The Kier molecular flexibility index (Phi) is 6.99. The van der Waals surface area contributed by atoms with E-state index in [1.165, 1.54) is 11.3 Å². The summed E-state index contributed by atoms with van der Waals surface area (Å²) in [4.78, 5) is 2.15. The van der Waals surface area contributed by atoms with E-state index in [4.69, 9.17) is 27.5 Å². The first-order valence-corrected chi connectivity index (χ1v) is 10.7. The van der Waals surface area contributed by atoms with Gasteiger partial charge in [0, 0.05) is 12.2 Å².